The minimum absolute atomic E-state index is 0.0980. The second kappa shape index (κ2) is 5.08. The Kier molecular flexibility index (Phi) is 3.71. The third-order valence-corrected chi connectivity index (χ3v) is 3.17. The number of benzene rings is 1. The molecular weight excluding hydrogens is 267 g/mol. The molecule has 0 radical (unpaired) electrons. The maximum absolute atomic E-state index is 10.7. The van der Waals surface area contributed by atoms with Gasteiger partial charge in [-0.15, -0.1) is 0 Å². The summed E-state index contributed by atoms with van der Waals surface area (Å²) in [6.07, 6.45) is 0. The summed E-state index contributed by atoms with van der Waals surface area (Å²) < 4.78 is 5.23. The van der Waals surface area contributed by atoms with Gasteiger partial charge < -0.3 is 9.64 Å². The van der Waals surface area contributed by atoms with E-state index in [-0.39, 0.29) is 10.7 Å². The first-order chi connectivity index (χ1) is 8.09. The summed E-state index contributed by atoms with van der Waals surface area (Å²) >= 11 is 11.9. The zero-order valence-corrected chi connectivity index (χ0v) is 10.4. The van der Waals surface area contributed by atoms with Gasteiger partial charge in [0.05, 0.1) is 28.8 Å². The molecule has 1 saturated heterocycles. The van der Waals surface area contributed by atoms with Gasteiger partial charge in [0.1, 0.15) is 5.02 Å². The first-order valence-corrected chi connectivity index (χ1v) is 5.81. The number of morpholine rings is 1. The van der Waals surface area contributed by atoms with Crippen molar-refractivity contribution in [1.29, 1.82) is 0 Å². The molecule has 0 saturated carbocycles. The number of rotatable bonds is 2. The van der Waals surface area contributed by atoms with Crippen LogP contribution in [0.5, 0.6) is 0 Å². The van der Waals surface area contributed by atoms with Crippen LogP contribution in [0.2, 0.25) is 10.0 Å². The van der Waals surface area contributed by atoms with E-state index in [0.29, 0.717) is 37.0 Å². The van der Waals surface area contributed by atoms with Crippen LogP contribution >= 0.6 is 23.2 Å². The summed E-state index contributed by atoms with van der Waals surface area (Å²) in [4.78, 5) is 12.1. The Morgan fingerprint density at radius 3 is 2.47 bits per heavy atom. The standard InChI is InChI=1S/C10H10Cl2N2O3/c11-7-6-10(14(15)16)8(12)5-9(7)13-1-3-17-4-2-13/h5-6H,1-4H2. The van der Waals surface area contributed by atoms with Gasteiger partial charge in [-0.3, -0.25) is 10.1 Å². The lowest BCUT2D eigenvalue weighted by molar-refractivity contribution is -0.384. The van der Waals surface area contributed by atoms with Gasteiger partial charge in [0.2, 0.25) is 0 Å². The zero-order chi connectivity index (χ0) is 12.4. The first kappa shape index (κ1) is 12.4. The van der Waals surface area contributed by atoms with Crippen LogP contribution in [-0.2, 0) is 4.74 Å². The van der Waals surface area contributed by atoms with Gasteiger partial charge in [0, 0.05) is 19.2 Å². The fraction of sp³-hybridized carbons (Fsp3) is 0.400. The molecular formula is C10H10Cl2N2O3. The number of nitro benzene ring substituents is 1. The van der Waals surface area contributed by atoms with Crippen molar-refractivity contribution in [2.24, 2.45) is 0 Å². The highest BCUT2D eigenvalue weighted by Gasteiger charge is 2.20. The van der Waals surface area contributed by atoms with Crippen molar-refractivity contribution in [3.8, 4) is 0 Å². The molecule has 1 fully saturated rings. The van der Waals surface area contributed by atoms with Crippen molar-refractivity contribution in [2.45, 2.75) is 0 Å². The van der Waals surface area contributed by atoms with Gasteiger partial charge in [-0.2, -0.15) is 0 Å². The average Bonchev–Trinajstić information content (AvgIpc) is 2.32. The van der Waals surface area contributed by atoms with Crippen LogP contribution in [-0.4, -0.2) is 31.2 Å². The smallest absolute Gasteiger partial charge is 0.289 e. The van der Waals surface area contributed by atoms with Crippen molar-refractivity contribution in [3.05, 3.63) is 32.3 Å². The molecule has 2 rings (SSSR count). The Labute approximate surface area is 108 Å². The molecule has 1 aliphatic heterocycles. The van der Waals surface area contributed by atoms with E-state index < -0.39 is 4.92 Å². The Morgan fingerprint density at radius 1 is 1.24 bits per heavy atom. The van der Waals surface area contributed by atoms with E-state index in [1.165, 1.54) is 12.1 Å². The number of nitro groups is 1. The predicted molar refractivity (Wildman–Crippen MR) is 66.1 cm³/mol. The van der Waals surface area contributed by atoms with Crippen LogP contribution in [0.15, 0.2) is 12.1 Å². The number of hydrogen-bond donors (Lipinski definition) is 0. The number of nitrogens with zero attached hydrogens (tertiary/aromatic N) is 2. The number of ether oxygens (including phenoxy) is 1. The quantitative estimate of drug-likeness (QED) is 0.616. The van der Waals surface area contributed by atoms with Crippen LogP contribution in [0.3, 0.4) is 0 Å². The second-order valence-corrected chi connectivity index (χ2v) is 4.43. The molecule has 1 aromatic rings. The largest absolute Gasteiger partial charge is 0.378 e. The molecule has 17 heavy (non-hydrogen) atoms. The average molecular weight is 277 g/mol. The van der Waals surface area contributed by atoms with Crippen LogP contribution in [0.1, 0.15) is 0 Å². The van der Waals surface area contributed by atoms with Gasteiger partial charge >= 0.3 is 0 Å². The molecule has 1 heterocycles. The topological polar surface area (TPSA) is 55.6 Å². The lowest BCUT2D eigenvalue weighted by Crippen LogP contribution is -2.36. The highest BCUT2D eigenvalue weighted by Crippen LogP contribution is 2.36. The van der Waals surface area contributed by atoms with E-state index in [1.807, 2.05) is 4.90 Å². The second-order valence-electron chi connectivity index (χ2n) is 3.61. The Balaban J connectivity index is 2.35. The molecule has 7 heteroatoms. The Bertz CT molecular complexity index is 447. The fourth-order valence-electron chi connectivity index (χ4n) is 1.71. The molecule has 0 N–H and O–H groups in total. The van der Waals surface area contributed by atoms with Crippen molar-refractivity contribution in [2.75, 3.05) is 31.2 Å². The maximum Gasteiger partial charge on any atom is 0.289 e. The fourth-order valence-corrected chi connectivity index (χ4v) is 2.22. The minimum Gasteiger partial charge on any atom is -0.378 e. The van der Waals surface area contributed by atoms with Crippen LogP contribution in [0.25, 0.3) is 0 Å². The van der Waals surface area contributed by atoms with Gasteiger partial charge in [0.25, 0.3) is 5.69 Å². The molecule has 1 aliphatic rings. The third kappa shape index (κ3) is 2.62. The Hall–Kier alpha value is -1.04. The van der Waals surface area contributed by atoms with E-state index in [1.54, 1.807) is 0 Å². The summed E-state index contributed by atoms with van der Waals surface area (Å²) in [6, 6.07) is 2.82. The van der Waals surface area contributed by atoms with E-state index in [0.717, 1.165) is 0 Å². The van der Waals surface area contributed by atoms with Gasteiger partial charge in [-0.05, 0) is 6.07 Å². The minimum atomic E-state index is -0.544. The maximum atomic E-state index is 10.7. The summed E-state index contributed by atoms with van der Waals surface area (Å²) in [5.41, 5.74) is 0.541. The van der Waals surface area contributed by atoms with Gasteiger partial charge in [-0.25, -0.2) is 0 Å². The zero-order valence-electron chi connectivity index (χ0n) is 8.86. The van der Waals surface area contributed by atoms with Crippen molar-refractivity contribution in [3.63, 3.8) is 0 Å². The molecule has 1 aromatic carbocycles. The summed E-state index contributed by atoms with van der Waals surface area (Å²) in [5.74, 6) is 0. The number of hydrogen-bond acceptors (Lipinski definition) is 4. The van der Waals surface area contributed by atoms with E-state index >= 15 is 0 Å². The normalized spacial score (nSPS) is 16.0. The molecule has 0 atom stereocenters. The molecule has 0 spiro atoms. The lowest BCUT2D eigenvalue weighted by atomic mass is 10.2. The van der Waals surface area contributed by atoms with E-state index in [4.69, 9.17) is 27.9 Å². The molecule has 92 valence electrons. The molecule has 0 bridgehead atoms. The molecule has 0 aromatic heterocycles. The molecule has 0 amide bonds. The first-order valence-electron chi connectivity index (χ1n) is 5.05. The summed E-state index contributed by atoms with van der Waals surface area (Å²) in [6.45, 7) is 2.64. The third-order valence-electron chi connectivity index (χ3n) is 2.56. The van der Waals surface area contributed by atoms with Crippen molar-refractivity contribution in [1.82, 2.24) is 0 Å². The number of anilines is 1. The number of halogens is 2. The SMILES string of the molecule is O=[N+]([O-])c1cc(Cl)c(N2CCOCC2)cc1Cl. The van der Waals surface area contributed by atoms with Gasteiger partial charge in [-0.1, -0.05) is 23.2 Å². The lowest BCUT2D eigenvalue weighted by Gasteiger charge is -2.29. The highest BCUT2D eigenvalue weighted by atomic mass is 35.5. The van der Waals surface area contributed by atoms with Crippen molar-refractivity contribution >= 4 is 34.6 Å². The summed E-state index contributed by atoms with van der Waals surface area (Å²) in [5, 5.41) is 11.1. The predicted octanol–water partition coefficient (Wildman–Crippen LogP) is 2.74. The van der Waals surface area contributed by atoms with E-state index in [2.05, 4.69) is 0 Å². The van der Waals surface area contributed by atoms with Crippen LogP contribution in [0.4, 0.5) is 11.4 Å². The van der Waals surface area contributed by atoms with Crippen LogP contribution in [0, 0.1) is 10.1 Å². The highest BCUT2D eigenvalue weighted by molar-refractivity contribution is 6.36. The molecule has 0 unspecified atom stereocenters. The monoisotopic (exact) mass is 276 g/mol. The van der Waals surface area contributed by atoms with Crippen molar-refractivity contribution < 1.29 is 9.66 Å². The Morgan fingerprint density at radius 2 is 1.88 bits per heavy atom. The molecule has 0 aliphatic carbocycles. The van der Waals surface area contributed by atoms with Gasteiger partial charge in [0.15, 0.2) is 0 Å². The molecule has 5 nitrogen and oxygen atoms in total. The van der Waals surface area contributed by atoms with E-state index in [9.17, 15) is 10.1 Å². The summed E-state index contributed by atoms with van der Waals surface area (Å²) in [7, 11) is 0. The van der Waals surface area contributed by atoms with Crippen LogP contribution < -0.4 is 4.90 Å².